The van der Waals surface area contributed by atoms with E-state index in [0.29, 0.717) is 6.04 Å². The summed E-state index contributed by atoms with van der Waals surface area (Å²) in [7, 11) is 0. The van der Waals surface area contributed by atoms with Gasteiger partial charge in [-0.05, 0) is 67.5 Å². The Labute approximate surface area is 177 Å². The predicted octanol–water partition coefficient (Wildman–Crippen LogP) is 7.72. The van der Waals surface area contributed by atoms with E-state index in [9.17, 15) is 0 Å². The summed E-state index contributed by atoms with van der Waals surface area (Å²) < 4.78 is 2.41. The zero-order chi connectivity index (χ0) is 19.6. The zero-order valence-electron chi connectivity index (χ0n) is 18.1. The highest BCUT2D eigenvalue weighted by molar-refractivity contribution is 8.06. The van der Waals surface area contributed by atoms with Crippen LogP contribution in [0.4, 0.5) is 0 Å². The van der Waals surface area contributed by atoms with Crippen molar-refractivity contribution >= 4 is 16.9 Å². The van der Waals surface area contributed by atoms with Gasteiger partial charge in [-0.3, -0.25) is 0 Å². The van der Waals surface area contributed by atoms with Crippen LogP contribution in [0.2, 0.25) is 0 Å². The zero-order valence-corrected chi connectivity index (χ0v) is 18.9. The van der Waals surface area contributed by atoms with E-state index in [0.717, 1.165) is 5.92 Å². The maximum absolute atomic E-state index is 3.54. The van der Waals surface area contributed by atoms with Gasteiger partial charge in [0.25, 0.3) is 0 Å². The molecule has 1 aromatic carbocycles. The Morgan fingerprint density at radius 3 is 2.32 bits per heavy atom. The van der Waals surface area contributed by atoms with Crippen molar-refractivity contribution in [2.75, 3.05) is 0 Å². The molecule has 0 spiro atoms. The number of hydrogen-bond donors (Lipinski definition) is 1. The monoisotopic (exact) mass is 400 g/mol. The molecule has 0 atom stereocenters. The second kappa shape index (κ2) is 11.9. The van der Waals surface area contributed by atoms with Crippen LogP contribution in [0.3, 0.4) is 0 Å². The van der Waals surface area contributed by atoms with Crippen molar-refractivity contribution in [2.45, 2.75) is 103 Å². The average molecular weight is 401 g/mol. The molecule has 1 fully saturated rings. The summed E-state index contributed by atoms with van der Waals surface area (Å²) in [6, 6.07) is 9.92. The van der Waals surface area contributed by atoms with Crippen LogP contribution in [0.15, 0.2) is 30.5 Å². The number of nitrogens with zero attached hydrogens (tertiary/aromatic N) is 1. The van der Waals surface area contributed by atoms with Crippen LogP contribution < -0.4 is 5.43 Å². The molecule has 3 rings (SSSR count). The minimum atomic E-state index is 0.680. The quantitative estimate of drug-likeness (QED) is 0.302. The van der Waals surface area contributed by atoms with Gasteiger partial charge in [0.1, 0.15) is 0 Å². The topological polar surface area (TPSA) is 15.3 Å². The Hall–Kier alpha value is -0.930. The van der Waals surface area contributed by atoms with E-state index in [1.54, 1.807) is 0 Å². The summed E-state index contributed by atoms with van der Waals surface area (Å²) in [6.45, 7) is 4.57. The van der Waals surface area contributed by atoms with Crippen molar-refractivity contribution in [3.05, 3.63) is 41.6 Å². The van der Waals surface area contributed by atoms with Gasteiger partial charge in [0.2, 0.25) is 0 Å². The first-order chi connectivity index (χ1) is 13.8. The molecule has 3 heteroatoms. The molecule has 0 amide bonds. The Kier molecular flexibility index (Phi) is 9.27. The van der Waals surface area contributed by atoms with E-state index < -0.39 is 0 Å². The normalized spacial score (nSPS) is 22.9. The smallest absolute Gasteiger partial charge is 0.0491 e. The number of hydrogen-bond acceptors (Lipinski definition) is 3. The first-order valence-corrected chi connectivity index (χ1v) is 12.6. The molecule has 1 saturated carbocycles. The Morgan fingerprint density at radius 2 is 1.61 bits per heavy atom. The van der Waals surface area contributed by atoms with Gasteiger partial charge >= 0.3 is 0 Å². The second-order valence-corrected chi connectivity index (χ2v) is 9.75. The predicted molar refractivity (Wildman–Crippen MR) is 125 cm³/mol. The lowest BCUT2D eigenvalue weighted by atomic mass is 9.83. The second-order valence-electron chi connectivity index (χ2n) is 8.73. The van der Waals surface area contributed by atoms with E-state index in [4.69, 9.17) is 0 Å². The SMILES string of the molecule is CCCCCC[C@H]1CC[C@H](N2NC=C(c3ccc(CCCCC)cc3)S2)CC1. The highest BCUT2D eigenvalue weighted by Gasteiger charge is 2.29. The molecule has 0 saturated heterocycles. The molecule has 2 nitrogen and oxygen atoms in total. The van der Waals surface area contributed by atoms with Crippen molar-refractivity contribution in [3.63, 3.8) is 0 Å². The Morgan fingerprint density at radius 1 is 0.893 bits per heavy atom. The molecule has 1 aliphatic heterocycles. The van der Waals surface area contributed by atoms with Crippen molar-refractivity contribution < 1.29 is 0 Å². The summed E-state index contributed by atoms with van der Waals surface area (Å²) in [5, 5.41) is 0. The van der Waals surface area contributed by atoms with Crippen LogP contribution >= 0.6 is 11.9 Å². The molecule has 156 valence electrons. The number of hydrazine groups is 1. The van der Waals surface area contributed by atoms with Crippen LogP contribution in [-0.2, 0) is 6.42 Å². The van der Waals surface area contributed by atoms with Crippen molar-refractivity contribution in [1.82, 2.24) is 9.84 Å². The molecule has 28 heavy (non-hydrogen) atoms. The van der Waals surface area contributed by atoms with Crippen LogP contribution in [0.5, 0.6) is 0 Å². The lowest BCUT2D eigenvalue weighted by molar-refractivity contribution is 0.199. The highest BCUT2D eigenvalue weighted by Crippen LogP contribution is 2.39. The van der Waals surface area contributed by atoms with Crippen LogP contribution in [-0.4, -0.2) is 10.5 Å². The van der Waals surface area contributed by atoms with Gasteiger partial charge in [0.15, 0.2) is 0 Å². The molecule has 0 unspecified atom stereocenters. The molecule has 1 N–H and O–H groups in total. The largest absolute Gasteiger partial charge is 0.315 e. The Bertz CT molecular complexity index is 587. The van der Waals surface area contributed by atoms with Gasteiger partial charge < -0.3 is 5.43 Å². The molecular weight excluding hydrogens is 360 g/mol. The van der Waals surface area contributed by atoms with Crippen molar-refractivity contribution in [2.24, 2.45) is 5.92 Å². The highest BCUT2D eigenvalue weighted by atomic mass is 32.2. The number of aryl methyl sites for hydroxylation is 1. The fraction of sp³-hybridized carbons (Fsp3) is 0.680. The summed E-state index contributed by atoms with van der Waals surface area (Å²) in [5.74, 6) is 0.980. The lowest BCUT2D eigenvalue weighted by Crippen LogP contribution is -2.37. The fourth-order valence-corrected chi connectivity index (χ4v) is 5.56. The molecule has 0 aromatic heterocycles. The third-order valence-electron chi connectivity index (χ3n) is 6.44. The number of rotatable bonds is 11. The maximum Gasteiger partial charge on any atom is 0.0491 e. The summed E-state index contributed by atoms with van der Waals surface area (Å²) in [4.78, 5) is 1.36. The Balaban J connectivity index is 1.39. The first kappa shape index (κ1) is 21.8. The lowest BCUT2D eigenvalue weighted by Gasteiger charge is -2.33. The molecule has 1 aromatic rings. The minimum absolute atomic E-state index is 0.680. The maximum atomic E-state index is 3.54. The van der Waals surface area contributed by atoms with E-state index in [2.05, 4.69) is 54.2 Å². The van der Waals surface area contributed by atoms with Gasteiger partial charge in [0, 0.05) is 17.1 Å². The molecule has 2 aliphatic rings. The molecular formula is C25H40N2S. The third-order valence-corrected chi connectivity index (χ3v) is 7.59. The standard InChI is InChI=1S/C25H40N2S/c1-3-5-7-9-11-22-14-18-24(19-15-22)27-26-20-25(28-27)23-16-12-21(13-17-23)10-8-6-4-2/h12-13,16-17,20,22,24,26H,3-11,14-15,18-19H2,1-2H3/t22-,24-. The summed E-state index contributed by atoms with van der Waals surface area (Å²) in [5.41, 5.74) is 6.37. The van der Waals surface area contributed by atoms with E-state index in [1.165, 1.54) is 99.5 Å². The molecule has 0 bridgehead atoms. The van der Waals surface area contributed by atoms with Gasteiger partial charge in [0.05, 0.1) is 0 Å². The molecule has 1 aliphatic carbocycles. The number of unbranched alkanes of at least 4 members (excludes halogenated alkanes) is 5. The fourth-order valence-electron chi connectivity index (χ4n) is 4.54. The van der Waals surface area contributed by atoms with Gasteiger partial charge in [-0.25, -0.2) is 0 Å². The van der Waals surface area contributed by atoms with E-state index in [-0.39, 0.29) is 0 Å². The van der Waals surface area contributed by atoms with Crippen LogP contribution in [0.1, 0.15) is 102 Å². The third kappa shape index (κ3) is 6.56. The number of nitrogens with one attached hydrogen (secondary N) is 1. The van der Waals surface area contributed by atoms with Gasteiger partial charge in [-0.1, -0.05) is 83.1 Å². The van der Waals surface area contributed by atoms with Crippen molar-refractivity contribution in [1.29, 1.82) is 0 Å². The van der Waals surface area contributed by atoms with Gasteiger partial charge in [-0.2, -0.15) is 4.41 Å². The van der Waals surface area contributed by atoms with E-state index >= 15 is 0 Å². The van der Waals surface area contributed by atoms with Crippen molar-refractivity contribution in [3.8, 4) is 0 Å². The van der Waals surface area contributed by atoms with Crippen LogP contribution in [0.25, 0.3) is 4.91 Å². The van der Waals surface area contributed by atoms with Gasteiger partial charge in [-0.15, -0.1) is 0 Å². The summed E-state index contributed by atoms with van der Waals surface area (Å²) >= 11 is 1.91. The average Bonchev–Trinajstić information content (AvgIpc) is 3.23. The molecule has 0 radical (unpaired) electrons. The van der Waals surface area contributed by atoms with Crippen LogP contribution in [0, 0.1) is 5.92 Å². The van der Waals surface area contributed by atoms with E-state index in [1.807, 2.05) is 11.9 Å². The number of benzene rings is 1. The summed E-state index contributed by atoms with van der Waals surface area (Å²) in [6.07, 6.45) is 20.0. The first-order valence-electron chi connectivity index (χ1n) is 11.8. The minimum Gasteiger partial charge on any atom is -0.315 e. The molecule has 1 heterocycles.